The summed E-state index contributed by atoms with van der Waals surface area (Å²) in [6, 6.07) is 0. The van der Waals surface area contributed by atoms with E-state index in [4.69, 9.17) is 5.11 Å². The summed E-state index contributed by atoms with van der Waals surface area (Å²) >= 11 is 0. The molecule has 0 radical (unpaired) electrons. The molecule has 0 saturated heterocycles. The Morgan fingerprint density at radius 3 is 2.31 bits per heavy atom. The first-order chi connectivity index (χ1) is 6.00. The predicted octanol–water partition coefficient (Wildman–Crippen LogP) is 0.525. The highest BCUT2D eigenvalue weighted by Crippen LogP contribution is 2.35. The number of rotatable bonds is 3. The van der Waals surface area contributed by atoms with Gasteiger partial charge in [0, 0.05) is 0 Å². The summed E-state index contributed by atoms with van der Waals surface area (Å²) in [5.41, 5.74) is 0. The van der Waals surface area contributed by atoms with E-state index in [1.807, 2.05) is 0 Å². The molecule has 0 spiro atoms. The van der Waals surface area contributed by atoms with Gasteiger partial charge in [0.25, 0.3) is 0 Å². The van der Waals surface area contributed by atoms with E-state index in [1.54, 1.807) is 6.92 Å². The number of hydrogen-bond acceptors (Lipinski definition) is 3. The van der Waals surface area contributed by atoms with Crippen molar-refractivity contribution < 1.29 is 15.3 Å². The normalized spacial score (nSPS) is 39.0. The van der Waals surface area contributed by atoms with Crippen LogP contribution in [0.4, 0.5) is 0 Å². The maximum absolute atomic E-state index is 9.46. The summed E-state index contributed by atoms with van der Waals surface area (Å²) in [6.45, 7) is 3.69. The highest BCUT2D eigenvalue weighted by atomic mass is 16.3. The molecular weight excluding hydrogens is 168 g/mol. The van der Waals surface area contributed by atoms with Crippen LogP contribution < -0.4 is 0 Å². The fourth-order valence-electron chi connectivity index (χ4n) is 2.14. The van der Waals surface area contributed by atoms with Crippen molar-refractivity contribution in [3.63, 3.8) is 0 Å². The van der Waals surface area contributed by atoms with Crippen molar-refractivity contribution in [2.24, 2.45) is 11.8 Å². The second-order valence-corrected chi connectivity index (χ2v) is 4.41. The van der Waals surface area contributed by atoms with E-state index in [0.29, 0.717) is 18.3 Å². The van der Waals surface area contributed by atoms with Gasteiger partial charge in [-0.1, -0.05) is 6.92 Å². The Bertz CT molecular complexity index is 158. The first kappa shape index (κ1) is 11.0. The Morgan fingerprint density at radius 2 is 1.92 bits per heavy atom. The van der Waals surface area contributed by atoms with Gasteiger partial charge in [0.05, 0.1) is 18.3 Å². The van der Waals surface area contributed by atoms with Crippen LogP contribution in [0.3, 0.4) is 0 Å². The van der Waals surface area contributed by atoms with Gasteiger partial charge in [-0.2, -0.15) is 0 Å². The van der Waals surface area contributed by atoms with Crippen molar-refractivity contribution in [1.82, 2.24) is 0 Å². The average molecular weight is 188 g/mol. The molecule has 5 unspecified atom stereocenters. The lowest BCUT2D eigenvalue weighted by Gasteiger charge is -2.20. The summed E-state index contributed by atoms with van der Waals surface area (Å²) in [4.78, 5) is 0. The molecule has 0 aromatic rings. The van der Waals surface area contributed by atoms with Gasteiger partial charge in [0.15, 0.2) is 0 Å². The molecule has 1 rings (SSSR count). The molecule has 0 aromatic heterocycles. The van der Waals surface area contributed by atoms with Crippen LogP contribution in [0.1, 0.15) is 33.1 Å². The smallest absolute Gasteiger partial charge is 0.0799 e. The van der Waals surface area contributed by atoms with Crippen molar-refractivity contribution in [2.45, 2.75) is 51.4 Å². The minimum Gasteiger partial charge on any atom is -0.393 e. The standard InChI is InChI=1S/C10H20O3/c1-6-3-9(12)4-8(6)5-10(13)7(2)11/h6-13H,3-5H2,1-2H3. The Hall–Kier alpha value is -0.120. The van der Waals surface area contributed by atoms with E-state index in [1.165, 1.54) is 0 Å². The number of aliphatic hydroxyl groups excluding tert-OH is 3. The molecule has 1 saturated carbocycles. The summed E-state index contributed by atoms with van der Waals surface area (Å²) < 4.78 is 0. The molecule has 1 aliphatic carbocycles. The van der Waals surface area contributed by atoms with Gasteiger partial charge in [-0.15, -0.1) is 0 Å². The number of hydrogen-bond donors (Lipinski definition) is 3. The first-order valence-corrected chi connectivity index (χ1v) is 5.05. The minimum atomic E-state index is -0.662. The van der Waals surface area contributed by atoms with Gasteiger partial charge >= 0.3 is 0 Å². The third-order valence-electron chi connectivity index (χ3n) is 3.12. The molecule has 0 heterocycles. The molecule has 1 fully saturated rings. The Labute approximate surface area is 79.4 Å². The summed E-state index contributed by atoms with van der Waals surface area (Å²) in [5, 5.41) is 28.0. The summed E-state index contributed by atoms with van der Waals surface area (Å²) in [7, 11) is 0. The third kappa shape index (κ3) is 2.93. The van der Waals surface area contributed by atoms with Gasteiger partial charge < -0.3 is 15.3 Å². The Balaban J connectivity index is 2.36. The lowest BCUT2D eigenvalue weighted by molar-refractivity contribution is 0.0121. The van der Waals surface area contributed by atoms with E-state index in [2.05, 4.69) is 6.92 Å². The third-order valence-corrected chi connectivity index (χ3v) is 3.12. The molecule has 13 heavy (non-hydrogen) atoms. The highest BCUT2D eigenvalue weighted by molar-refractivity contribution is 4.83. The van der Waals surface area contributed by atoms with Crippen LogP contribution in [0.15, 0.2) is 0 Å². The van der Waals surface area contributed by atoms with E-state index >= 15 is 0 Å². The zero-order valence-electron chi connectivity index (χ0n) is 8.35. The van der Waals surface area contributed by atoms with Gasteiger partial charge in [0.2, 0.25) is 0 Å². The zero-order chi connectivity index (χ0) is 10.0. The topological polar surface area (TPSA) is 60.7 Å². The molecule has 0 amide bonds. The van der Waals surface area contributed by atoms with E-state index in [9.17, 15) is 10.2 Å². The predicted molar refractivity (Wildman–Crippen MR) is 50.2 cm³/mol. The second-order valence-electron chi connectivity index (χ2n) is 4.41. The fourth-order valence-corrected chi connectivity index (χ4v) is 2.14. The van der Waals surface area contributed by atoms with E-state index in [-0.39, 0.29) is 6.10 Å². The van der Waals surface area contributed by atoms with E-state index < -0.39 is 12.2 Å². The zero-order valence-corrected chi connectivity index (χ0v) is 8.35. The number of aliphatic hydroxyl groups is 3. The van der Waals surface area contributed by atoms with Gasteiger partial charge in [-0.3, -0.25) is 0 Å². The molecule has 3 N–H and O–H groups in total. The lowest BCUT2D eigenvalue weighted by Crippen LogP contribution is -2.26. The summed E-state index contributed by atoms with van der Waals surface area (Å²) in [6.07, 6.45) is 0.696. The lowest BCUT2D eigenvalue weighted by atomic mass is 9.91. The monoisotopic (exact) mass is 188 g/mol. The molecule has 5 atom stereocenters. The summed E-state index contributed by atoms with van der Waals surface area (Å²) in [5.74, 6) is 0.822. The minimum absolute atomic E-state index is 0.207. The van der Waals surface area contributed by atoms with Crippen LogP contribution in [0, 0.1) is 11.8 Å². The molecule has 3 nitrogen and oxygen atoms in total. The molecule has 3 heteroatoms. The van der Waals surface area contributed by atoms with Gasteiger partial charge in [-0.25, -0.2) is 0 Å². The largest absolute Gasteiger partial charge is 0.393 e. The van der Waals surface area contributed by atoms with Crippen LogP contribution >= 0.6 is 0 Å². The molecule has 78 valence electrons. The van der Waals surface area contributed by atoms with Crippen LogP contribution in [0.5, 0.6) is 0 Å². The molecule has 0 bridgehead atoms. The average Bonchev–Trinajstić information content (AvgIpc) is 2.30. The van der Waals surface area contributed by atoms with Crippen LogP contribution in [-0.4, -0.2) is 33.6 Å². The van der Waals surface area contributed by atoms with Crippen molar-refractivity contribution in [1.29, 1.82) is 0 Å². The van der Waals surface area contributed by atoms with Crippen LogP contribution in [-0.2, 0) is 0 Å². The fraction of sp³-hybridized carbons (Fsp3) is 1.00. The molecule has 1 aliphatic rings. The van der Waals surface area contributed by atoms with Gasteiger partial charge in [0.1, 0.15) is 0 Å². The highest BCUT2D eigenvalue weighted by Gasteiger charge is 2.32. The molecular formula is C10H20O3. The van der Waals surface area contributed by atoms with Crippen molar-refractivity contribution in [2.75, 3.05) is 0 Å². The Kier molecular flexibility index (Phi) is 3.71. The van der Waals surface area contributed by atoms with Crippen molar-refractivity contribution in [3.05, 3.63) is 0 Å². The van der Waals surface area contributed by atoms with Gasteiger partial charge in [-0.05, 0) is 38.0 Å². The maximum Gasteiger partial charge on any atom is 0.0799 e. The maximum atomic E-state index is 9.46. The first-order valence-electron chi connectivity index (χ1n) is 5.05. The quantitative estimate of drug-likeness (QED) is 0.605. The molecule has 0 aliphatic heterocycles. The van der Waals surface area contributed by atoms with Crippen LogP contribution in [0.25, 0.3) is 0 Å². The molecule has 0 aromatic carbocycles. The van der Waals surface area contributed by atoms with Crippen molar-refractivity contribution in [3.8, 4) is 0 Å². The Morgan fingerprint density at radius 1 is 1.31 bits per heavy atom. The van der Waals surface area contributed by atoms with Crippen molar-refractivity contribution >= 4 is 0 Å². The van der Waals surface area contributed by atoms with E-state index in [0.717, 1.165) is 12.8 Å². The van der Waals surface area contributed by atoms with Crippen LogP contribution in [0.2, 0.25) is 0 Å². The second kappa shape index (κ2) is 4.40. The SMILES string of the molecule is CC(O)C(O)CC1CC(O)CC1C.